The number of rotatable bonds is 4. The number of methoxy groups -OCH3 is 1. The van der Waals surface area contributed by atoms with Crippen molar-refractivity contribution in [2.75, 3.05) is 13.7 Å². The predicted octanol–water partition coefficient (Wildman–Crippen LogP) is 1.40. The highest BCUT2D eigenvalue weighted by Gasteiger charge is 2.38. The molecule has 0 spiro atoms. The van der Waals surface area contributed by atoms with Gasteiger partial charge in [0.2, 0.25) is 5.67 Å². The van der Waals surface area contributed by atoms with Crippen LogP contribution >= 0.6 is 0 Å². The summed E-state index contributed by atoms with van der Waals surface area (Å²) in [5, 5.41) is 0. The molecule has 14 heavy (non-hydrogen) atoms. The first-order valence-corrected chi connectivity index (χ1v) is 4.38. The van der Waals surface area contributed by atoms with Gasteiger partial charge in [0.05, 0.1) is 7.11 Å². The van der Waals surface area contributed by atoms with Gasteiger partial charge in [0.25, 0.3) is 0 Å². The summed E-state index contributed by atoms with van der Waals surface area (Å²) < 4.78 is 23.8. The number of allylic oxidation sites excluding steroid dienone is 1. The van der Waals surface area contributed by atoms with Gasteiger partial charge >= 0.3 is 0 Å². The SMILES string of the molecule is CCOC1C=C(OC)C=CC1(F)C=O. The highest BCUT2D eigenvalue weighted by Crippen LogP contribution is 2.26. The summed E-state index contributed by atoms with van der Waals surface area (Å²) in [7, 11) is 1.48. The molecule has 2 atom stereocenters. The second kappa shape index (κ2) is 4.37. The van der Waals surface area contributed by atoms with Crippen molar-refractivity contribution in [2.45, 2.75) is 18.7 Å². The van der Waals surface area contributed by atoms with Gasteiger partial charge in [-0.3, -0.25) is 4.79 Å². The molecular weight excluding hydrogens is 187 g/mol. The molecule has 0 heterocycles. The summed E-state index contributed by atoms with van der Waals surface area (Å²) in [6.45, 7) is 2.08. The molecule has 4 heteroatoms. The summed E-state index contributed by atoms with van der Waals surface area (Å²) in [6, 6.07) is 0. The van der Waals surface area contributed by atoms with Gasteiger partial charge in [-0.05, 0) is 25.2 Å². The minimum atomic E-state index is -2.07. The Morgan fingerprint density at radius 3 is 2.93 bits per heavy atom. The average molecular weight is 200 g/mol. The summed E-state index contributed by atoms with van der Waals surface area (Å²) in [5.74, 6) is 0.499. The monoisotopic (exact) mass is 200 g/mol. The molecule has 0 aromatic rings. The van der Waals surface area contributed by atoms with Crippen LogP contribution in [0, 0.1) is 0 Å². The van der Waals surface area contributed by atoms with E-state index in [9.17, 15) is 9.18 Å². The summed E-state index contributed by atoms with van der Waals surface area (Å²) in [6.07, 6.45) is 3.37. The van der Waals surface area contributed by atoms with Crippen LogP contribution in [0.2, 0.25) is 0 Å². The lowest BCUT2D eigenvalue weighted by atomic mass is 9.95. The van der Waals surface area contributed by atoms with Crippen molar-refractivity contribution in [1.29, 1.82) is 0 Å². The summed E-state index contributed by atoms with van der Waals surface area (Å²) in [5.41, 5.74) is -2.07. The molecule has 3 nitrogen and oxygen atoms in total. The Bertz CT molecular complexity index is 273. The van der Waals surface area contributed by atoms with Gasteiger partial charge in [-0.15, -0.1) is 0 Å². The lowest BCUT2D eigenvalue weighted by Crippen LogP contribution is -2.40. The quantitative estimate of drug-likeness (QED) is 0.643. The van der Waals surface area contributed by atoms with E-state index in [1.807, 2.05) is 0 Å². The maximum Gasteiger partial charge on any atom is 0.213 e. The predicted molar refractivity (Wildman–Crippen MR) is 49.5 cm³/mol. The number of ether oxygens (including phenoxy) is 2. The topological polar surface area (TPSA) is 35.5 Å². The van der Waals surface area contributed by atoms with E-state index >= 15 is 0 Å². The number of carbonyl (C=O) groups excluding carboxylic acids is 1. The van der Waals surface area contributed by atoms with Gasteiger partial charge in [-0.25, -0.2) is 4.39 Å². The van der Waals surface area contributed by atoms with Gasteiger partial charge in [0.1, 0.15) is 11.9 Å². The van der Waals surface area contributed by atoms with Crippen molar-refractivity contribution in [3.63, 3.8) is 0 Å². The molecule has 0 saturated carbocycles. The van der Waals surface area contributed by atoms with E-state index in [2.05, 4.69) is 0 Å². The number of aldehydes is 1. The Kier molecular flexibility index (Phi) is 3.41. The third-order valence-electron chi connectivity index (χ3n) is 2.02. The molecule has 0 aliphatic heterocycles. The second-order valence-corrected chi connectivity index (χ2v) is 2.93. The third-order valence-corrected chi connectivity index (χ3v) is 2.02. The normalized spacial score (nSPS) is 31.1. The Hall–Kier alpha value is -1.16. The van der Waals surface area contributed by atoms with Crippen LogP contribution in [0.3, 0.4) is 0 Å². The molecule has 2 unspecified atom stereocenters. The third kappa shape index (κ3) is 2.01. The molecule has 0 amide bonds. The van der Waals surface area contributed by atoms with Crippen LogP contribution in [0.15, 0.2) is 24.0 Å². The first-order valence-electron chi connectivity index (χ1n) is 4.38. The smallest absolute Gasteiger partial charge is 0.213 e. The van der Waals surface area contributed by atoms with E-state index in [1.54, 1.807) is 6.92 Å². The first-order chi connectivity index (χ1) is 6.66. The number of hydrogen-bond acceptors (Lipinski definition) is 3. The maximum atomic E-state index is 13.8. The highest BCUT2D eigenvalue weighted by atomic mass is 19.1. The Labute approximate surface area is 82.2 Å². The number of hydrogen-bond donors (Lipinski definition) is 0. The summed E-state index contributed by atoms with van der Waals surface area (Å²) in [4.78, 5) is 10.6. The van der Waals surface area contributed by atoms with Crippen molar-refractivity contribution in [1.82, 2.24) is 0 Å². The lowest BCUT2D eigenvalue weighted by molar-refractivity contribution is -0.121. The highest BCUT2D eigenvalue weighted by molar-refractivity contribution is 5.69. The Morgan fingerprint density at radius 2 is 2.43 bits per heavy atom. The Balaban J connectivity index is 2.88. The molecular formula is C10H13FO3. The molecule has 1 rings (SSSR count). The second-order valence-electron chi connectivity index (χ2n) is 2.93. The van der Waals surface area contributed by atoms with Gasteiger partial charge in [0.15, 0.2) is 6.29 Å². The van der Waals surface area contributed by atoms with Gasteiger partial charge in [0, 0.05) is 6.61 Å². The molecule has 0 aromatic heterocycles. The molecule has 0 bridgehead atoms. The first kappa shape index (κ1) is 10.9. The van der Waals surface area contributed by atoms with Crippen molar-refractivity contribution < 1.29 is 18.7 Å². The van der Waals surface area contributed by atoms with Crippen molar-refractivity contribution in [3.05, 3.63) is 24.0 Å². The molecule has 0 saturated heterocycles. The number of carbonyl (C=O) groups is 1. The van der Waals surface area contributed by atoms with Crippen LogP contribution in [-0.2, 0) is 14.3 Å². The lowest BCUT2D eigenvalue weighted by Gasteiger charge is -2.26. The van der Waals surface area contributed by atoms with Crippen LogP contribution in [0.4, 0.5) is 4.39 Å². The number of halogens is 1. The van der Waals surface area contributed by atoms with Crippen LogP contribution in [0.1, 0.15) is 6.92 Å². The van der Waals surface area contributed by atoms with Crippen molar-refractivity contribution >= 4 is 6.29 Å². The maximum absolute atomic E-state index is 13.8. The fourth-order valence-electron chi connectivity index (χ4n) is 1.23. The van der Waals surface area contributed by atoms with E-state index in [0.29, 0.717) is 12.4 Å². The zero-order valence-corrected chi connectivity index (χ0v) is 8.20. The van der Waals surface area contributed by atoms with Crippen molar-refractivity contribution in [2.24, 2.45) is 0 Å². The van der Waals surface area contributed by atoms with E-state index in [1.165, 1.54) is 19.3 Å². The van der Waals surface area contributed by atoms with Crippen LogP contribution in [0.25, 0.3) is 0 Å². The van der Waals surface area contributed by atoms with Crippen molar-refractivity contribution in [3.8, 4) is 0 Å². The Morgan fingerprint density at radius 1 is 1.71 bits per heavy atom. The zero-order valence-electron chi connectivity index (χ0n) is 8.20. The molecule has 1 aliphatic carbocycles. The fraction of sp³-hybridized carbons (Fsp3) is 0.500. The van der Waals surface area contributed by atoms with Gasteiger partial charge in [-0.2, -0.15) is 0 Å². The van der Waals surface area contributed by atoms with Crippen LogP contribution < -0.4 is 0 Å². The van der Waals surface area contributed by atoms with Crippen LogP contribution in [-0.4, -0.2) is 31.8 Å². The van der Waals surface area contributed by atoms with E-state index in [-0.39, 0.29) is 6.29 Å². The minimum absolute atomic E-state index is 0.243. The number of alkyl halides is 1. The molecule has 78 valence electrons. The molecule has 0 radical (unpaired) electrons. The van der Waals surface area contributed by atoms with E-state index in [4.69, 9.17) is 9.47 Å². The average Bonchev–Trinajstić information content (AvgIpc) is 2.22. The molecule has 0 fully saturated rings. The van der Waals surface area contributed by atoms with E-state index < -0.39 is 11.8 Å². The van der Waals surface area contributed by atoms with Gasteiger partial charge in [-0.1, -0.05) is 0 Å². The molecule has 0 N–H and O–H groups in total. The summed E-state index contributed by atoms with van der Waals surface area (Å²) >= 11 is 0. The largest absolute Gasteiger partial charge is 0.497 e. The van der Waals surface area contributed by atoms with Gasteiger partial charge < -0.3 is 9.47 Å². The fourth-order valence-corrected chi connectivity index (χ4v) is 1.23. The molecule has 1 aliphatic rings. The standard InChI is InChI=1S/C10H13FO3/c1-3-14-9-6-8(13-2)4-5-10(9,11)7-12/h4-7,9H,3H2,1-2H3. The van der Waals surface area contributed by atoms with E-state index in [0.717, 1.165) is 6.08 Å². The minimum Gasteiger partial charge on any atom is -0.497 e. The van der Waals surface area contributed by atoms with Crippen LogP contribution in [0.5, 0.6) is 0 Å². The zero-order chi connectivity index (χ0) is 10.6. The molecule has 0 aromatic carbocycles.